The van der Waals surface area contributed by atoms with Crippen molar-refractivity contribution in [1.29, 1.82) is 0 Å². The number of hydrogen-bond donors (Lipinski definition) is 1. The van der Waals surface area contributed by atoms with Gasteiger partial charge in [-0.3, -0.25) is 4.79 Å². The number of aromatic nitrogens is 1. The van der Waals surface area contributed by atoms with Crippen molar-refractivity contribution in [3.63, 3.8) is 0 Å². The van der Waals surface area contributed by atoms with Gasteiger partial charge in [-0.2, -0.15) is 0 Å². The van der Waals surface area contributed by atoms with E-state index in [1.165, 1.54) is 0 Å². The first-order valence-corrected chi connectivity index (χ1v) is 9.20. The van der Waals surface area contributed by atoms with Crippen molar-refractivity contribution in [2.45, 2.75) is 12.8 Å². The Morgan fingerprint density at radius 3 is 2.59 bits per heavy atom. The zero-order chi connectivity index (χ0) is 20.6. The Morgan fingerprint density at radius 2 is 1.83 bits per heavy atom. The van der Waals surface area contributed by atoms with Crippen LogP contribution in [0, 0.1) is 0 Å². The van der Waals surface area contributed by atoms with E-state index in [1.54, 1.807) is 27.4 Å². The van der Waals surface area contributed by atoms with Crippen molar-refractivity contribution in [1.82, 2.24) is 10.5 Å². The van der Waals surface area contributed by atoms with Gasteiger partial charge in [0.05, 0.1) is 33.4 Å². The zero-order valence-corrected chi connectivity index (χ0v) is 16.7. The molecule has 0 aliphatic heterocycles. The van der Waals surface area contributed by atoms with Crippen LogP contribution in [0.3, 0.4) is 0 Å². The van der Waals surface area contributed by atoms with Crippen LogP contribution in [0.2, 0.25) is 0 Å². The molecule has 1 aromatic heterocycles. The number of nitrogens with one attached hydrogen (secondary N) is 1. The molecule has 0 unspecified atom stereocenters. The van der Waals surface area contributed by atoms with Crippen LogP contribution in [0.4, 0.5) is 0 Å². The monoisotopic (exact) mass is 396 g/mol. The standard InChI is InChI=1S/C22H24N2O5/c1-26-18-6-4-5-16(12-18)20-13-17(24-29-20)14-22(25)23-10-9-15-7-8-19(27-2)21(11-15)28-3/h4-8,11-13H,9-10,14H2,1-3H3,(H,23,25). The third kappa shape index (κ3) is 5.28. The van der Waals surface area contributed by atoms with Crippen LogP contribution >= 0.6 is 0 Å². The van der Waals surface area contributed by atoms with Crippen molar-refractivity contribution in [2.24, 2.45) is 0 Å². The molecule has 152 valence electrons. The van der Waals surface area contributed by atoms with Crippen LogP contribution in [0.5, 0.6) is 17.2 Å². The number of benzene rings is 2. The molecule has 7 heteroatoms. The first kappa shape index (κ1) is 20.3. The summed E-state index contributed by atoms with van der Waals surface area (Å²) in [5.41, 5.74) is 2.47. The van der Waals surface area contributed by atoms with Crippen LogP contribution in [0.15, 0.2) is 53.1 Å². The van der Waals surface area contributed by atoms with Gasteiger partial charge in [0, 0.05) is 18.2 Å². The molecule has 1 amide bonds. The lowest BCUT2D eigenvalue weighted by atomic mass is 10.1. The average molecular weight is 396 g/mol. The van der Waals surface area contributed by atoms with Crippen LogP contribution in [-0.2, 0) is 17.6 Å². The Labute approximate surface area is 169 Å². The molecule has 0 saturated carbocycles. The van der Waals surface area contributed by atoms with E-state index < -0.39 is 0 Å². The first-order chi connectivity index (χ1) is 14.1. The van der Waals surface area contributed by atoms with Crippen molar-refractivity contribution >= 4 is 5.91 Å². The molecule has 0 spiro atoms. The molecule has 3 aromatic rings. The minimum absolute atomic E-state index is 0.115. The average Bonchev–Trinajstić information content (AvgIpc) is 3.22. The smallest absolute Gasteiger partial charge is 0.226 e. The molecule has 1 heterocycles. The summed E-state index contributed by atoms with van der Waals surface area (Å²) in [4.78, 5) is 12.2. The fraction of sp³-hybridized carbons (Fsp3) is 0.273. The highest BCUT2D eigenvalue weighted by atomic mass is 16.5. The van der Waals surface area contributed by atoms with E-state index in [0.29, 0.717) is 35.9 Å². The molecule has 0 saturated heterocycles. The van der Waals surface area contributed by atoms with E-state index in [-0.39, 0.29) is 12.3 Å². The summed E-state index contributed by atoms with van der Waals surface area (Å²) in [6.45, 7) is 0.509. The SMILES string of the molecule is COc1cccc(-c2cc(CC(=O)NCCc3ccc(OC)c(OC)c3)no2)c1. The van der Waals surface area contributed by atoms with Gasteiger partial charge in [-0.25, -0.2) is 0 Å². The molecule has 0 aliphatic rings. The topological polar surface area (TPSA) is 82.8 Å². The largest absolute Gasteiger partial charge is 0.497 e. The van der Waals surface area contributed by atoms with Crippen molar-refractivity contribution in [3.8, 4) is 28.6 Å². The maximum absolute atomic E-state index is 12.2. The molecule has 7 nitrogen and oxygen atoms in total. The van der Waals surface area contributed by atoms with Gasteiger partial charge in [-0.15, -0.1) is 0 Å². The second kappa shape index (κ2) is 9.64. The van der Waals surface area contributed by atoms with Crippen molar-refractivity contribution in [3.05, 3.63) is 59.8 Å². The molecule has 0 aliphatic carbocycles. The zero-order valence-electron chi connectivity index (χ0n) is 16.7. The summed E-state index contributed by atoms with van der Waals surface area (Å²) >= 11 is 0. The van der Waals surface area contributed by atoms with E-state index in [2.05, 4.69) is 10.5 Å². The number of amides is 1. The number of nitrogens with zero attached hydrogens (tertiary/aromatic N) is 1. The highest BCUT2D eigenvalue weighted by molar-refractivity contribution is 5.78. The Kier molecular flexibility index (Phi) is 6.73. The van der Waals surface area contributed by atoms with Gasteiger partial charge < -0.3 is 24.1 Å². The summed E-state index contributed by atoms with van der Waals surface area (Å²) in [6.07, 6.45) is 0.833. The van der Waals surface area contributed by atoms with Gasteiger partial charge in [-0.1, -0.05) is 23.4 Å². The number of hydrogen-bond acceptors (Lipinski definition) is 6. The fourth-order valence-corrected chi connectivity index (χ4v) is 2.92. The number of ether oxygens (including phenoxy) is 3. The van der Waals surface area contributed by atoms with Crippen LogP contribution in [0.1, 0.15) is 11.3 Å². The van der Waals surface area contributed by atoms with Crippen LogP contribution in [-0.4, -0.2) is 38.9 Å². The minimum atomic E-state index is -0.115. The quantitative estimate of drug-likeness (QED) is 0.598. The lowest BCUT2D eigenvalue weighted by Gasteiger charge is -2.10. The predicted octanol–water partition coefficient (Wildman–Crippen LogP) is 3.27. The Bertz CT molecular complexity index is 967. The lowest BCUT2D eigenvalue weighted by Crippen LogP contribution is -2.27. The second-order valence-corrected chi connectivity index (χ2v) is 6.38. The predicted molar refractivity (Wildman–Crippen MR) is 108 cm³/mol. The summed E-state index contributed by atoms with van der Waals surface area (Å²) in [5.74, 6) is 2.56. The molecule has 0 atom stereocenters. The molecule has 3 rings (SSSR count). The molecular formula is C22H24N2O5. The Balaban J connectivity index is 1.52. The minimum Gasteiger partial charge on any atom is -0.497 e. The van der Waals surface area contributed by atoms with E-state index in [9.17, 15) is 4.79 Å². The highest BCUT2D eigenvalue weighted by Gasteiger charge is 2.11. The third-order valence-electron chi connectivity index (χ3n) is 4.44. The fourth-order valence-electron chi connectivity index (χ4n) is 2.92. The van der Waals surface area contributed by atoms with E-state index in [0.717, 1.165) is 16.9 Å². The van der Waals surface area contributed by atoms with Crippen LogP contribution < -0.4 is 19.5 Å². The van der Waals surface area contributed by atoms with Gasteiger partial charge in [-0.05, 0) is 36.2 Å². The summed E-state index contributed by atoms with van der Waals surface area (Å²) < 4.78 is 21.1. The van der Waals surface area contributed by atoms with E-state index in [4.69, 9.17) is 18.7 Å². The number of rotatable bonds is 9. The summed E-state index contributed by atoms with van der Waals surface area (Å²) in [6, 6.07) is 15.0. The molecule has 0 bridgehead atoms. The lowest BCUT2D eigenvalue weighted by molar-refractivity contribution is -0.120. The highest BCUT2D eigenvalue weighted by Crippen LogP contribution is 2.27. The molecule has 2 aromatic carbocycles. The van der Waals surface area contributed by atoms with Gasteiger partial charge in [0.15, 0.2) is 17.3 Å². The van der Waals surface area contributed by atoms with E-state index in [1.807, 2.05) is 42.5 Å². The van der Waals surface area contributed by atoms with Crippen molar-refractivity contribution in [2.75, 3.05) is 27.9 Å². The Hall–Kier alpha value is -3.48. The third-order valence-corrected chi connectivity index (χ3v) is 4.44. The molecular weight excluding hydrogens is 372 g/mol. The van der Waals surface area contributed by atoms with Crippen LogP contribution in [0.25, 0.3) is 11.3 Å². The maximum Gasteiger partial charge on any atom is 0.226 e. The molecule has 0 radical (unpaired) electrons. The first-order valence-electron chi connectivity index (χ1n) is 9.20. The van der Waals surface area contributed by atoms with Gasteiger partial charge in [0.25, 0.3) is 0 Å². The Morgan fingerprint density at radius 1 is 1.00 bits per heavy atom. The molecule has 29 heavy (non-hydrogen) atoms. The molecule has 0 fully saturated rings. The normalized spacial score (nSPS) is 10.4. The second-order valence-electron chi connectivity index (χ2n) is 6.38. The number of carbonyl (C=O) groups is 1. The van der Waals surface area contributed by atoms with Gasteiger partial charge in [0.2, 0.25) is 5.91 Å². The summed E-state index contributed by atoms with van der Waals surface area (Å²) in [5, 5.41) is 6.89. The number of methoxy groups -OCH3 is 3. The van der Waals surface area contributed by atoms with E-state index >= 15 is 0 Å². The van der Waals surface area contributed by atoms with Crippen molar-refractivity contribution < 1.29 is 23.5 Å². The van der Waals surface area contributed by atoms with Gasteiger partial charge in [0.1, 0.15) is 5.75 Å². The number of carbonyl (C=O) groups excluding carboxylic acids is 1. The molecule has 1 N–H and O–H groups in total. The maximum atomic E-state index is 12.2. The van der Waals surface area contributed by atoms with Gasteiger partial charge >= 0.3 is 0 Å². The summed E-state index contributed by atoms with van der Waals surface area (Å²) in [7, 11) is 4.81.